The number of rotatable bonds is 5. The maximum atomic E-state index is 15.7. The van der Waals surface area contributed by atoms with E-state index in [0.29, 0.717) is 55.0 Å². The molecule has 10 rings (SSSR count). The van der Waals surface area contributed by atoms with Gasteiger partial charge in [-0.3, -0.25) is 19.5 Å². The Labute approximate surface area is 299 Å². The van der Waals surface area contributed by atoms with Gasteiger partial charge in [0.1, 0.15) is 0 Å². The fourth-order valence-corrected chi connectivity index (χ4v) is 8.08. The lowest BCUT2D eigenvalue weighted by Gasteiger charge is -2.20. The molecule has 2 amide bonds. The average molecular weight is 737 g/mol. The summed E-state index contributed by atoms with van der Waals surface area (Å²) in [5, 5.41) is 14.9. The number of H-pyrrole nitrogens is 1. The van der Waals surface area contributed by atoms with E-state index in [9.17, 15) is 27.6 Å². The molecule has 3 atom stereocenters. The van der Waals surface area contributed by atoms with E-state index in [1.807, 2.05) is 6.07 Å². The first-order valence-electron chi connectivity index (χ1n) is 16.4. The predicted molar refractivity (Wildman–Crippen MR) is 185 cm³/mol. The van der Waals surface area contributed by atoms with Gasteiger partial charge in [0.05, 0.1) is 34.6 Å². The number of amides is 2. The van der Waals surface area contributed by atoms with Gasteiger partial charge in [0.2, 0.25) is 5.95 Å². The minimum absolute atomic E-state index is 0.00945. The van der Waals surface area contributed by atoms with Gasteiger partial charge >= 0.3 is 6.18 Å². The van der Waals surface area contributed by atoms with Crippen molar-refractivity contribution in [3.05, 3.63) is 128 Å². The molecular formula is C37H21ClF4N8O3. The van der Waals surface area contributed by atoms with Crippen LogP contribution in [0.25, 0.3) is 33.3 Å². The van der Waals surface area contributed by atoms with E-state index in [1.54, 1.807) is 53.1 Å². The Hall–Kier alpha value is -6.22. The molecule has 6 aromatic rings. The van der Waals surface area contributed by atoms with Crippen molar-refractivity contribution in [2.45, 2.75) is 31.0 Å². The van der Waals surface area contributed by atoms with E-state index in [1.165, 1.54) is 18.2 Å². The van der Waals surface area contributed by atoms with Crippen LogP contribution in [0.15, 0.2) is 94.7 Å². The zero-order chi connectivity index (χ0) is 36.5. The van der Waals surface area contributed by atoms with Crippen molar-refractivity contribution < 1.29 is 27.2 Å². The number of allylic oxidation sites excluding steroid dienone is 1. The monoisotopic (exact) mass is 736 g/mol. The average Bonchev–Trinajstić information content (AvgIpc) is 3.57. The van der Waals surface area contributed by atoms with Crippen LogP contribution < -0.4 is 10.5 Å². The largest absolute Gasteiger partial charge is 0.436 e. The molecule has 0 bridgehead atoms. The number of pyridine rings is 1. The van der Waals surface area contributed by atoms with Crippen molar-refractivity contribution in [2.75, 3.05) is 4.90 Å². The van der Waals surface area contributed by atoms with E-state index >= 15 is 4.39 Å². The number of benzene rings is 3. The summed E-state index contributed by atoms with van der Waals surface area (Å²) in [4.78, 5) is 45.4. The van der Waals surface area contributed by atoms with Crippen LogP contribution in [0.4, 0.5) is 23.4 Å². The van der Waals surface area contributed by atoms with Gasteiger partial charge in [-0.2, -0.15) is 22.7 Å². The molecule has 0 radical (unpaired) electrons. The molecule has 6 heterocycles. The van der Waals surface area contributed by atoms with Crippen molar-refractivity contribution in [2.24, 2.45) is 10.9 Å². The van der Waals surface area contributed by atoms with Crippen molar-refractivity contribution in [1.82, 2.24) is 29.8 Å². The third-order valence-electron chi connectivity index (χ3n) is 10.4. The first kappa shape index (κ1) is 31.5. The van der Waals surface area contributed by atoms with Crippen molar-refractivity contribution in [1.29, 1.82) is 0 Å². The molecule has 262 valence electrons. The van der Waals surface area contributed by atoms with Crippen molar-refractivity contribution >= 4 is 51.4 Å². The van der Waals surface area contributed by atoms with Crippen LogP contribution in [0, 0.1) is 5.92 Å². The highest BCUT2D eigenvalue weighted by Gasteiger charge is 2.55. The molecule has 4 aliphatic rings. The number of carbonyl (C=O) groups is 2. The summed E-state index contributed by atoms with van der Waals surface area (Å²) in [5.74, 6) is -1.46. The van der Waals surface area contributed by atoms with Crippen molar-refractivity contribution in [3.63, 3.8) is 0 Å². The number of hydrogen-bond donors (Lipinski definition) is 1. The number of anilines is 1. The van der Waals surface area contributed by atoms with Crippen LogP contribution in [0.5, 0.6) is 0 Å². The quantitative estimate of drug-likeness (QED) is 0.112. The van der Waals surface area contributed by atoms with E-state index in [4.69, 9.17) is 11.6 Å². The van der Waals surface area contributed by atoms with Gasteiger partial charge in [-0.1, -0.05) is 35.0 Å². The highest BCUT2D eigenvalue weighted by Crippen LogP contribution is 2.60. The molecule has 1 fully saturated rings. The molecule has 0 unspecified atom stereocenters. The van der Waals surface area contributed by atoms with Gasteiger partial charge in [0.15, 0.2) is 11.5 Å². The van der Waals surface area contributed by atoms with E-state index in [2.05, 4.69) is 25.5 Å². The Morgan fingerprint density at radius 1 is 0.887 bits per heavy atom. The zero-order valence-corrected chi connectivity index (χ0v) is 27.7. The molecule has 1 N–H and O–H groups in total. The molecule has 3 aromatic carbocycles. The Morgan fingerprint density at radius 2 is 1.66 bits per heavy atom. The first-order chi connectivity index (χ1) is 25.5. The number of aromatic amines is 1. The summed E-state index contributed by atoms with van der Waals surface area (Å²) in [7, 11) is 0. The van der Waals surface area contributed by atoms with Crippen LogP contribution in [0.1, 0.15) is 62.5 Å². The lowest BCUT2D eigenvalue weighted by Crippen LogP contribution is -2.29. The summed E-state index contributed by atoms with van der Waals surface area (Å²) in [6.07, 6.45) is -3.02. The lowest BCUT2D eigenvalue weighted by atomic mass is 9.97. The lowest BCUT2D eigenvalue weighted by molar-refractivity contribution is -0.141. The molecule has 1 saturated carbocycles. The van der Waals surface area contributed by atoms with Gasteiger partial charge in [0, 0.05) is 51.4 Å². The smallest absolute Gasteiger partial charge is 0.303 e. The SMILES string of the molecule is O=C1c2ccccc2C(=O)N1c1n[nH]c2cc(C3=C(F)N=C([C@@H]4[C@H]5C[C@H]5c5cc(-c6cc(Cl)ccc6-n6cc(C(F)(F)F)nn6)cc(=O)n54)C3)ccc12. The number of aromatic nitrogens is 6. The third kappa shape index (κ3) is 4.69. The third-order valence-corrected chi connectivity index (χ3v) is 10.6. The zero-order valence-electron chi connectivity index (χ0n) is 26.9. The minimum atomic E-state index is -4.69. The maximum Gasteiger partial charge on any atom is 0.436 e. The van der Waals surface area contributed by atoms with Crippen LogP contribution in [-0.4, -0.2) is 47.3 Å². The highest BCUT2D eigenvalue weighted by molar-refractivity contribution is 6.35. The number of nitrogens with zero attached hydrogens (tertiary/aromatic N) is 7. The number of fused-ring (bicyclic) bond motifs is 5. The minimum Gasteiger partial charge on any atom is -0.303 e. The number of hydrogen-bond acceptors (Lipinski definition) is 7. The molecule has 16 heteroatoms. The molecule has 1 aliphatic carbocycles. The maximum absolute atomic E-state index is 15.7. The molecule has 53 heavy (non-hydrogen) atoms. The summed E-state index contributed by atoms with van der Waals surface area (Å²) < 4.78 is 58.2. The van der Waals surface area contributed by atoms with Crippen LogP contribution in [0.3, 0.4) is 0 Å². The summed E-state index contributed by atoms with van der Waals surface area (Å²) in [5.41, 5.74) is 2.70. The van der Waals surface area contributed by atoms with Gasteiger partial charge in [-0.05, 0) is 72.0 Å². The number of nitrogens with one attached hydrogen (secondary N) is 1. The first-order valence-corrected chi connectivity index (χ1v) is 16.8. The topological polar surface area (TPSA) is 131 Å². The van der Waals surface area contributed by atoms with Gasteiger partial charge in [-0.25, -0.2) is 14.6 Å². The number of alkyl halides is 3. The van der Waals surface area contributed by atoms with E-state index in [0.717, 1.165) is 27.9 Å². The fraction of sp³-hybridized carbons (Fsp3) is 0.162. The summed E-state index contributed by atoms with van der Waals surface area (Å²) in [6, 6.07) is 18.9. The fourth-order valence-electron chi connectivity index (χ4n) is 7.91. The molecule has 0 saturated heterocycles. The second-order valence-electron chi connectivity index (χ2n) is 13.4. The molecule has 3 aliphatic heterocycles. The number of halogens is 5. The van der Waals surface area contributed by atoms with Gasteiger partial charge in [-0.15, -0.1) is 5.10 Å². The van der Waals surface area contributed by atoms with Crippen LogP contribution in [0.2, 0.25) is 5.02 Å². The molecule has 3 aromatic heterocycles. The second kappa shape index (κ2) is 10.9. The van der Waals surface area contributed by atoms with Gasteiger partial charge < -0.3 is 4.57 Å². The summed E-state index contributed by atoms with van der Waals surface area (Å²) >= 11 is 6.31. The second-order valence-corrected chi connectivity index (χ2v) is 13.8. The Bertz CT molecular complexity index is 2730. The Morgan fingerprint density at radius 3 is 2.40 bits per heavy atom. The van der Waals surface area contributed by atoms with Gasteiger partial charge in [0.25, 0.3) is 17.4 Å². The van der Waals surface area contributed by atoms with E-state index < -0.39 is 35.7 Å². The Balaban J connectivity index is 0.943. The Kier molecular flexibility index (Phi) is 6.48. The highest BCUT2D eigenvalue weighted by atomic mass is 35.5. The normalized spacial score (nSPS) is 20.4. The van der Waals surface area contributed by atoms with Crippen LogP contribution in [-0.2, 0) is 6.18 Å². The summed E-state index contributed by atoms with van der Waals surface area (Å²) in [6.45, 7) is 0. The standard InChI is InChI=1S/C37H21ClF4N8O3/c38-18-6-8-28(48-15-30(45-47-48)37(40,41)42)22(12-18)17-10-29-24-13-25(24)32(49(29)31(51)11-17)27-14-23(33(39)43-27)16-5-7-21-26(9-16)44-46-34(21)50-35(52)19-3-1-2-4-20(19)36(50)53/h1-12,15,24-25,32H,13-14H2,(H,44,46)/t24-,25+,32+/m1/s1. The van der Waals surface area contributed by atoms with E-state index in [-0.39, 0.29) is 35.3 Å². The van der Waals surface area contributed by atoms with Crippen molar-refractivity contribution in [3.8, 4) is 16.8 Å². The number of carbonyl (C=O) groups excluding carboxylic acids is 2. The number of imide groups is 1. The molecule has 11 nitrogen and oxygen atoms in total. The number of aliphatic imine (C=N–C) groups is 1. The molecule has 0 spiro atoms. The predicted octanol–water partition coefficient (Wildman–Crippen LogP) is 7.29. The molecular weight excluding hydrogens is 716 g/mol. The van der Waals surface area contributed by atoms with Crippen LogP contribution >= 0.6 is 11.6 Å².